The third-order valence-corrected chi connectivity index (χ3v) is 9.64. The third kappa shape index (κ3) is 5.59. The van der Waals surface area contributed by atoms with E-state index in [9.17, 15) is 0 Å². The van der Waals surface area contributed by atoms with Gasteiger partial charge in [0.25, 0.3) is 0 Å². The minimum Gasteiger partial charge on any atom is -0.414 e. The molecular weight excluding hydrogens is 300 g/mol. The standard InChI is InChI=1S/C20H32O2Si/c1-20(2,3)23(4,5)21-16-19-15-14-18(22-19)13-9-12-17-10-7-6-8-11-17/h6-12,18-19H,13-16H2,1-5H3/b12-9+/t18-,19+/m0/s1. The lowest BCUT2D eigenvalue weighted by atomic mass is 10.1. The molecule has 2 nitrogen and oxygen atoms in total. The van der Waals surface area contributed by atoms with Gasteiger partial charge in [0.05, 0.1) is 18.8 Å². The summed E-state index contributed by atoms with van der Waals surface area (Å²) in [6.45, 7) is 12.2. The quantitative estimate of drug-likeness (QED) is 0.626. The molecule has 3 heteroatoms. The zero-order chi connectivity index (χ0) is 16.9. The maximum Gasteiger partial charge on any atom is 0.192 e. The molecule has 0 aliphatic carbocycles. The highest BCUT2D eigenvalue weighted by Gasteiger charge is 2.38. The zero-order valence-corrected chi connectivity index (χ0v) is 16.3. The molecule has 0 N–H and O–H groups in total. The van der Waals surface area contributed by atoms with Gasteiger partial charge in [0.15, 0.2) is 8.32 Å². The van der Waals surface area contributed by atoms with E-state index in [0.29, 0.717) is 6.10 Å². The van der Waals surface area contributed by atoms with E-state index in [1.54, 1.807) is 0 Å². The molecule has 2 atom stereocenters. The average molecular weight is 333 g/mol. The van der Waals surface area contributed by atoms with Gasteiger partial charge in [-0.1, -0.05) is 63.3 Å². The zero-order valence-electron chi connectivity index (χ0n) is 15.3. The van der Waals surface area contributed by atoms with Crippen molar-refractivity contribution >= 4 is 14.4 Å². The van der Waals surface area contributed by atoms with Crippen molar-refractivity contribution in [1.29, 1.82) is 0 Å². The molecule has 23 heavy (non-hydrogen) atoms. The molecule has 1 saturated heterocycles. The summed E-state index contributed by atoms with van der Waals surface area (Å²) in [5.41, 5.74) is 1.25. The van der Waals surface area contributed by atoms with Gasteiger partial charge >= 0.3 is 0 Å². The third-order valence-electron chi connectivity index (χ3n) is 5.14. The average Bonchev–Trinajstić information content (AvgIpc) is 2.93. The minimum atomic E-state index is -1.66. The largest absolute Gasteiger partial charge is 0.414 e. The number of hydrogen-bond donors (Lipinski definition) is 0. The van der Waals surface area contributed by atoms with Gasteiger partial charge < -0.3 is 9.16 Å². The van der Waals surface area contributed by atoms with Gasteiger partial charge in [-0.25, -0.2) is 0 Å². The molecule has 0 aromatic heterocycles. The highest BCUT2D eigenvalue weighted by atomic mass is 28.4. The molecule has 1 aliphatic rings. The summed E-state index contributed by atoms with van der Waals surface area (Å²) in [4.78, 5) is 0. The first-order valence-electron chi connectivity index (χ1n) is 8.79. The molecule has 0 amide bonds. The predicted octanol–water partition coefficient (Wildman–Crippen LogP) is 5.66. The van der Waals surface area contributed by atoms with Crippen LogP contribution in [0, 0.1) is 0 Å². The van der Waals surface area contributed by atoms with Gasteiger partial charge in [-0.3, -0.25) is 0 Å². The maximum atomic E-state index is 6.30. The Hall–Kier alpha value is -0.903. The summed E-state index contributed by atoms with van der Waals surface area (Å²) in [5, 5.41) is 0.267. The fraction of sp³-hybridized carbons (Fsp3) is 0.600. The van der Waals surface area contributed by atoms with Crippen LogP contribution in [0.2, 0.25) is 18.1 Å². The summed E-state index contributed by atoms with van der Waals surface area (Å²) in [5.74, 6) is 0. The number of hydrogen-bond acceptors (Lipinski definition) is 2. The van der Waals surface area contributed by atoms with Crippen molar-refractivity contribution in [3.8, 4) is 0 Å². The van der Waals surface area contributed by atoms with Crippen LogP contribution in [0.15, 0.2) is 36.4 Å². The Kier molecular flexibility index (Phi) is 6.23. The van der Waals surface area contributed by atoms with Crippen LogP contribution in [-0.4, -0.2) is 27.1 Å². The van der Waals surface area contributed by atoms with Crippen LogP contribution < -0.4 is 0 Å². The van der Waals surface area contributed by atoms with Crippen LogP contribution in [0.4, 0.5) is 0 Å². The molecule has 0 saturated carbocycles. The summed E-state index contributed by atoms with van der Waals surface area (Å²) in [7, 11) is -1.66. The van der Waals surface area contributed by atoms with E-state index in [0.717, 1.165) is 25.9 Å². The number of rotatable bonds is 6. The van der Waals surface area contributed by atoms with Crippen molar-refractivity contribution in [1.82, 2.24) is 0 Å². The molecule has 1 aromatic carbocycles. The van der Waals surface area contributed by atoms with E-state index < -0.39 is 8.32 Å². The number of ether oxygens (including phenoxy) is 1. The molecule has 0 unspecified atom stereocenters. The first-order valence-corrected chi connectivity index (χ1v) is 11.7. The molecule has 1 fully saturated rings. The van der Waals surface area contributed by atoms with Crippen molar-refractivity contribution < 1.29 is 9.16 Å². The first kappa shape index (κ1) is 18.4. The Morgan fingerprint density at radius 2 is 1.78 bits per heavy atom. The van der Waals surface area contributed by atoms with Crippen LogP contribution >= 0.6 is 0 Å². The smallest absolute Gasteiger partial charge is 0.192 e. The lowest BCUT2D eigenvalue weighted by Gasteiger charge is -2.36. The fourth-order valence-electron chi connectivity index (χ4n) is 2.51. The van der Waals surface area contributed by atoms with Gasteiger partial charge in [-0.15, -0.1) is 0 Å². The Labute approximate surface area is 143 Å². The molecular formula is C20H32O2Si. The Balaban J connectivity index is 1.73. The van der Waals surface area contributed by atoms with E-state index in [2.05, 4.69) is 70.3 Å². The van der Waals surface area contributed by atoms with Gasteiger partial charge in [-0.05, 0) is 43.0 Å². The fourth-order valence-corrected chi connectivity index (χ4v) is 3.55. The second kappa shape index (κ2) is 7.78. The van der Waals surface area contributed by atoms with Crippen LogP contribution in [-0.2, 0) is 9.16 Å². The summed E-state index contributed by atoms with van der Waals surface area (Å²) >= 11 is 0. The highest BCUT2D eigenvalue weighted by Crippen LogP contribution is 2.37. The molecule has 2 rings (SSSR count). The molecule has 0 radical (unpaired) electrons. The van der Waals surface area contributed by atoms with Gasteiger partial charge in [0.1, 0.15) is 0 Å². The predicted molar refractivity (Wildman–Crippen MR) is 101 cm³/mol. The Bertz CT molecular complexity index is 502. The lowest BCUT2D eigenvalue weighted by molar-refractivity contribution is 0.0164. The second-order valence-electron chi connectivity index (χ2n) is 8.08. The van der Waals surface area contributed by atoms with Gasteiger partial charge in [0, 0.05) is 0 Å². The minimum absolute atomic E-state index is 0.267. The van der Waals surface area contributed by atoms with Crippen LogP contribution in [0.1, 0.15) is 45.6 Å². The van der Waals surface area contributed by atoms with E-state index in [-0.39, 0.29) is 11.1 Å². The van der Waals surface area contributed by atoms with Crippen LogP contribution in [0.25, 0.3) is 6.08 Å². The Morgan fingerprint density at radius 1 is 1.13 bits per heavy atom. The topological polar surface area (TPSA) is 18.5 Å². The summed E-state index contributed by atoms with van der Waals surface area (Å²) < 4.78 is 12.4. The van der Waals surface area contributed by atoms with Crippen molar-refractivity contribution in [3.05, 3.63) is 42.0 Å². The van der Waals surface area contributed by atoms with Crippen LogP contribution in [0.3, 0.4) is 0 Å². The van der Waals surface area contributed by atoms with E-state index in [1.807, 2.05) is 6.07 Å². The second-order valence-corrected chi connectivity index (χ2v) is 12.9. The normalized spacial score (nSPS) is 22.8. The number of benzene rings is 1. The van der Waals surface area contributed by atoms with Crippen molar-refractivity contribution in [2.24, 2.45) is 0 Å². The molecule has 0 spiro atoms. The monoisotopic (exact) mass is 332 g/mol. The van der Waals surface area contributed by atoms with Crippen molar-refractivity contribution in [2.75, 3.05) is 6.61 Å². The van der Waals surface area contributed by atoms with E-state index in [1.165, 1.54) is 5.56 Å². The maximum absolute atomic E-state index is 6.30. The summed E-state index contributed by atoms with van der Waals surface area (Å²) in [6.07, 6.45) is 8.30. The van der Waals surface area contributed by atoms with Gasteiger partial charge in [0.2, 0.25) is 0 Å². The van der Waals surface area contributed by atoms with E-state index in [4.69, 9.17) is 9.16 Å². The van der Waals surface area contributed by atoms with Crippen molar-refractivity contribution in [2.45, 2.75) is 70.4 Å². The highest BCUT2D eigenvalue weighted by molar-refractivity contribution is 6.74. The Morgan fingerprint density at radius 3 is 2.43 bits per heavy atom. The molecule has 128 valence electrons. The first-order chi connectivity index (χ1) is 10.8. The van der Waals surface area contributed by atoms with Crippen molar-refractivity contribution in [3.63, 3.8) is 0 Å². The molecule has 1 aromatic rings. The molecule has 1 aliphatic heterocycles. The lowest BCUT2D eigenvalue weighted by Crippen LogP contribution is -2.42. The van der Waals surface area contributed by atoms with Gasteiger partial charge in [-0.2, -0.15) is 0 Å². The molecule has 1 heterocycles. The van der Waals surface area contributed by atoms with Crippen LogP contribution in [0.5, 0.6) is 0 Å². The molecule has 0 bridgehead atoms. The SMILES string of the molecule is CC(C)(C)[Si](C)(C)OC[C@H]1CC[C@H](C/C=C/c2ccccc2)O1. The van der Waals surface area contributed by atoms with E-state index >= 15 is 0 Å². The summed E-state index contributed by atoms with van der Waals surface area (Å²) in [6, 6.07) is 10.4.